The molecule has 1 heterocycles. The van der Waals surface area contributed by atoms with Crippen LogP contribution in [0.4, 0.5) is 0 Å². The number of nitrogens with zero attached hydrogens (tertiary/aromatic N) is 3. The smallest absolute Gasteiger partial charge is 0.191 e. The molecule has 2 aromatic rings. The quantitative estimate of drug-likeness (QED) is 0.240. The molecule has 0 amide bonds. The Morgan fingerprint density at radius 2 is 1.92 bits per heavy atom. The highest BCUT2D eigenvalue weighted by atomic mass is 127. The Morgan fingerprint density at radius 3 is 2.54 bits per heavy atom. The standard InChI is InChI=1S/C19H29N5O.HI/c1-4-20-19(22-13-17-8-5-6-9-18(17)14-25)21-10-7-11-24-16(3)12-15(2)23-24;/h5-6,8-9,12,25H,4,7,10-11,13-14H2,1-3H3,(H2,20,21,22);1H. The van der Waals surface area contributed by atoms with Crippen molar-refractivity contribution in [3.05, 3.63) is 52.8 Å². The van der Waals surface area contributed by atoms with Gasteiger partial charge in [-0.1, -0.05) is 24.3 Å². The van der Waals surface area contributed by atoms with Crippen LogP contribution in [0.2, 0.25) is 0 Å². The summed E-state index contributed by atoms with van der Waals surface area (Å²) in [6.45, 7) is 9.26. The van der Waals surface area contributed by atoms with Gasteiger partial charge in [-0.05, 0) is 44.4 Å². The maximum atomic E-state index is 9.40. The molecule has 7 heteroatoms. The molecule has 0 aliphatic carbocycles. The molecule has 0 spiro atoms. The first-order chi connectivity index (χ1) is 12.1. The molecule has 0 atom stereocenters. The summed E-state index contributed by atoms with van der Waals surface area (Å²) in [7, 11) is 0. The second-order valence-electron chi connectivity index (χ2n) is 6.05. The van der Waals surface area contributed by atoms with Gasteiger partial charge in [0.25, 0.3) is 0 Å². The molecular formula is C19H30IN5O. The Hall–Kier alpha value is -1.61. The van der Waals surface area contributed by atoms with Gasteiger partial charge in [0.15, 0.2) is 5.96 Å². The third-order valence-electron chi connectivity index (χ3n) is 3.98. The Labute approximate surface area is 173 Å². The number of guanidine groups is 1. The molecule has 0 fully saturated rings. The lowest BCUT2D eigenvalue weighted by molar-refractivity contribution is 0.280. The first-order valence-electron chi connectivity index (χ1n) is 8.85. The lowest BCUT2D eigenvalue weighted by Gasteiger charge is -2.12. The molecule has 144 valence electrons. The molecule has 2 rings (SSSR count). The Morgan fingerprint density at radius 1 is 1.19 bits per heavy atom. The van der Waals surface area contributed by atoms with Crippen molar-refractivity contribution in [2.75, 3.05) is 13.1 Å². The first kappa shape index (κ1) is 22.4. The number of hydrogen-bond donors (Lipinski definition) is 3. The molecule has 0 aliphatic rings. The molecule has 0 aliphatic heterocycles. The summed E-state index contributed by atoms with van der Waals surface area (Å²) in [6, 6.07) is 9.93. The van der Waals surface area contributed by atoms with Gasteiger partial charge in [0.05, 0.1) is 18.8 Å². The zero-order chi connectivity index (χ0) is 18.1. The van der Waals surface area contributed by atoms with Gasteiger partial charge in [0, 0.05) is 25.3 Å². The van der Waals surface area contributed by atoms with Crippen LogP contribution >= 0.6 is 24.0 Å². The Balaban J connectivity index is 0.00000338. The van der Waals surface area contributed by atoms with Crippen LogP contribution in [-0.4, -0.2) is 33.9 Å². The van der Waals surface area contributed by atoms with Gasteiger partial charge in [-0.3, -0.25) is 4.68 Å². The van der Waals surface area contributed by atoms with Gasteiger partial charge in [-0.25, -0.2) is 4.99 Å². The monoisotopic (exact) mass is 471 g/mol. The van der Waals surface area contributed by atoms with E-state index in [4.69, 9.17) is 0 Å². The van der Waals surface area contributed by atoms with E-state index in [-0.39, 0.29) is 30.6 Å². The summed E-state index contributed by atoms with van der Waals surface area (Å²) < 4.78 is 2.04. The molecule has 26 heavy (non-hydrogen) atoms. The van der Waals surface area contributed by atoms with Crippen LogP contribution in [0.25, 0.3) is 0 Å². The Kier molecular flexibility index (Phi) is 10.3. The number of hydrogen-bond acceptors (Lipinski definition) is 3. The fourth-order valence-electron chi connectivity index (χ4n) is 2.71. The zero-order valence-electron chi connectivity index (χ0n) is 15.8. The second kappa shape index (κ2) is 11.9. The van der Waals surface area contributed by atoms with Gasteiger partial charge in [0.2, 0.25) is 0 Å². The van der Waals surface area contributed by atoms with Crippen molar-refractivity contribution in [2.45, 2.75) is 46.9 Å². The van der Waals surface area contributed by atoms with E-state index in [2.05, 4.69) is 40.6 Å². The molecule has 1 aromatic carbocycles. The highest BCUT2D eigenvalue weighted by Crippen LogP contribution is 2.09. The van der Waals surface area contributed by atoms with E-state index in [0.29, 0.717) is 6.54 Å². The maximum absolute atomic E-state index is 9.40. The lowest BCUT2D eigenvalue weighted by atomic mass is 10.1. The summed E-state index contributed by atoms with van der Waals surface area (Å²) in [5.74, 6) is 0.795. The van der Waals surface area contributed by atoms with Gasteiger partial charge >= 0.3 is 0 Å². The highest BCUT2D eigenvalue weighted by Gasteiger charge is 2.03. The van der Waals surface area contributed by atoms with Crippen LogP contribution in [0.15, 0.2) is 35.3 Å². The molecule has 0 saturated carbocycles. The van der Waals surface area contributed by atoms with Crippen molar-refractivity contribution in [3.63, 3.8) is 0 Å². The zero-order valence-corrected chi connectivity index (χ0v) is 18.2. The van der Waals surface area contributed by atoms with Gasteiger partial charge in [0.1, 0.15) is 0 Å². The molecule has 0 unspecified atom stereocenters. The lowest BCUT2D eigenvalue weighted by Crippen LogP contribution is -2.38. The molecule has 1 aromatic heterocycles. The predicted octanol–water partition coefficient (Wildman–Crippen LogP) is 2.76. The van der Waals surface area contributed by atoms with Crippen molar-refractivity contribution < 1.29 is 5.11 Å². The largest absolute Gasteiger partial charge is 0.392 e. The minimum atomic E-state index is 0. The second-order valence-corrected chi connectivity index (χ2v) is 6.05. The van der Waals surface area contributed by atoms with E-state index >= 15 is 0 Å². The van der Waals surface area contributed by atoms with Crippen molar-refractivity contribution >= 4 is 29.9 Å². The molecular weight excluding hydrogens is 441 g/mol. The number of aromatic nitrogens is 2. The normalized spacial score (nSPS) is 11.2. The molecule has 6 nitrogen and oxygen atoms in total. The van der Waals surface area contributed by atoms with Gasteiger partial charge < -0.3 is 15.7 Å². The Bertz CT molecular complexity index is 699. The fourth-order valence-corrected chi connectivity index (χ4v) is 2.71. The van der Waals surface area contributed by atoms with E-state index in [0.717, 1.165) is 48.8 Å². The average Bonchev–Trinajstić information content (AvgIpc) is 2.94. The molecule has 3 N–H and O–H groups in total. The predicted molar refractivity (Wildman–Crippen MR) is 117 cm³/mol. The number of aliphatic hydroxyl groups excluding tert-OH is 1. The van der Waals surface area contributed by atoms with E-state index in [1.807, 2.05) is 35.9 Å². The summed E-state index contributed by atoms with van der Waals surface area (Å²) >= 11 is 0. The maximum Gasteiger partial charge on any atom is 0.191 e. The minimum Gasteiger partial charge on any atom is -0.392 e. The van der Waals surface area contributed by atoms with Crippen LogP contribution in [0.5, 0.6) is 0 Å². The highest BCUT2D eigenvalue weighted by molar-refractivity contribution is 14.0. The fraction of sp³-hybridized carbons (Fsp3) is 0.474. The average molecular weight is 471 g/mol. The van der Waals surface area contributed by atoms with Crippen LogP contribution in [0.1, 0.15) is 35.9 Å². The third-order valence-corrected chi connectivity index (χ3v) is 3.98. The molecule has 0 bridgehead atoms. The van der Waals surface area contributed by atoms with E-state index < -0.39 is 0 Å². The molecule has 0 saturated heterocycles. The van der Waals surface area contributed by atoms with Crippen molar-refractivity contribution in [1.29, 1.82) is 0 Å². The van der Waals surface area contributed by atoms with Crippen LogP contribution in [0.3, 0.4) is 0 Å². The van der Waals surface area contributed by atoms with Gasteiger partial charge in [-0.15, -0.1) is 24.0 Å². The SMILES string of the molecule is CCNC(=NCc1ccccc1CO)NCCCn1nc(C)cc1C.I. The van der Waals surface area contributed by atoms with Gasteiger partial charge in [-0.2, -0.15) is 5.10 Å². The number of nitrogens with one attached hydrogen (secondary N) is 2. The summed E-state index contributed by atoms with van der Waals surface area (Å²) in [6.07, 6.45) is 0.972. The summed E-state index contributed by atoms with van der Waals surface area (Å²) in [5, 5.41) is 20.5. The van der Waals surface area contributed by atoms with Crippen molar-refractivity contribution in [2.24, 2.45) is 4.99 Å². The third kappa shape index (κ3) is 6.95. The summed E-state index contributed by atoms with van der Waals surface area (Å²) in [5.41, 5.74) is 4.22. The number of rotatable bonds is 8. The number of benzene rings is 1. The number of aliphatic imine (C=N–C) groups is 1. The molecule has 0 radical (unpaired) electrons. The summed E-state index contributed by atoms with van der Waals surface area (Å²) in [4.78, 5) is 4.62. The number of aryl methyl sites for hydroxylation is 3. The first-order valence-corrected chi connectivity index (χ1v) is 8.85. The van der Waals surface area contributed by atoms with E-state index in [9.17, 15) is 5.11 Å². The number of aliphatic hydroxyl groups is 1. The number of halogens is 1. The minimum absolute atomic E-state index is 0. The van der Waals surface area contributed by atoms with E-state index in [1.165, 1.54) is 5.69 Å². The van der Waals surface area contributed by atoms with Crippen molar-refractivity contribution in [3.8, 4) is 0 Å². The van der Waals surface area contributed by atoms with Crippen LogP contribution in [0, 0.1) is 13.8 Å². The van der Waals surface area contributed by atoms with Crippen LogP contribution in [-0.2, 0) is 19.7 Å². The van der Waals surface area contributed by atoms with Crippen molar-refractivity contribution in [1.82, 2.24) is 20.4 Å². The van der Waals surface area contributed by atoms with Crippen LogP contribution < -0.4 is 10.6 Å². The topological polar surface area (TPSA) is 74.5 Å². The van der Waals surface area contributed by atoms with E-state index in [1.54, 1.807) is 0 Å².